The van der Waals surface area contributed by atoms with Gasteiger partial charge in [-0.1, -0.05) is 23.4 Å². The van der Waals surface area contributed by atoms with Crippen molar-refractivity contribution in [3.8, 4) is 0 Å². The largest absolute Gasteiger partial charge is 0.443 e. The quantitative estimate of drug-likeness (QED) is 0.524. The molecule has 1 amide bonds. The Hall–Kier alpha value is -1.96. The van der Waals surface area contributed by atoms with Gasteiger partial charge in [-0.25, -0.2) is 9.38 Å². The molecule has 3 nitrogen and oxygen atoms in total. The normalized spacial score (nSPS) is 19.1. The maximum absolute atomic E-state index is 13.6. The van der Waals surface area contributed by atoms with Gasteiger partial charge in [0.05, 0.1) is 4.91 Å². The SMILES string of the molecule is O=C(NC1=NC(C(F)(F)F)(C(F)(F)F)/C(=C(\F)C(F)(F)F)S1)c1ccc(Cl)cc1. The van der Waals surface area contributed by atoms with Crippen LogP contribution in [-0.4, -0.2) is 35.1 Å². The minimum absolute atomic E-state index is 0.139. The molecule has 0 aliphatic carbocycles. The number of amides is 1. The van der Waals surface area contributed by atoms with Gasteiger partial charge in [-0.3, -0.25) is 4.79 Å². The summed E-state index contributed by atoms with van der Waals surface area (Å²) in [6, 6.07) is 4.38. The van der Waals surface area contributed by atoms with E-state index in [2.05, 4.69) is 4.99 Å². The summed E-state index contributed by atoms with van der Waals surface area (Å²) >= 11 is 4.63. The molecule has 29 heavy (non-hydrogen) atoms. The Morgan fingerprint density at radius 2 is 1.45 bits per heavy atom. The van der Waals surface area contributed by atoms with Gasteiger partial charge in [0.1, 0.15) is 0 Å². The Balaban J connectivity index is 2.59. The number of thioether (sulfide) groups is 1. The van der Waals surface area contributed by atoms with Crippen LogP contribution in [-0.2, 0) is 0 Å². The molecular weight excluding hydrogens is 470 g/mol. The molecule has 15 heteroatoms. The lowest BCUT2D eigenvalue weighted by Gasteiger charge is -2.31. The van der Waals surface area contributed by atoms with Crippen molar-refractivity contribution in [3.63, 3.8) is 0 Å². The summed E-state index contributed by atoms with van der Waals surface area (Å²) in [5, 5.41) is 0.132. The molecule has 0 radical (unpaired) electrons. The number of halogens is 11. The van der Waals surface area contributed by atoms with Gasteiger partial charge in [-0.05, 0) is 24.3 Å². The number of aliphatic imine (C=N–C) groups is 1. The molecule has 0 saturated heterocycles. The number of benzene rings is 1. The van der Waals surface area contributed by atoms with E-state index in [1.54, 1.807) is 0 Å². The van der Waals surface area contributed by atoms with Gasteiger partial charge in [0.25, 0.3) is 11.4 Å². The molecule has 0 spiro atoms. The lowest BCUT2D eigenvalue weighted by molar-refractivity contribution is -0.280. The van der Waals surface area contributed by atoms with E-state index in [-0.39, 0.29) is 10.6 Å². The van der Waals surface area contributed by atoms with Crippen LogP contribution < -0.4 is 5.32 Å². The first-order valence-electron chi connectivity index (χ1n) is 6.96. The van der Waals surface area contributed by atoms with Gasteiger partial charge < -0.3 is 5.32 Å². The van der Waals surface area contributed by atoms with E-state index in [1.807, 2.05) is 0 Å². The number of hydrogen-bond donors (Lipinski definition) is 1. The third-order valence-electron chi connectivity index (χ3n) is 3.39. The summed E-state index contributed by atoms with van der Waals surface area (Å²) in [5.41, 5.74) is -5.84. The van der Waals surface area contributed by atoms with Crippen molar-refractivity contribution in [1.82, 2.24) is 5.32 Å². The summed E-state index contributed by atoms with van der Waals surface area (Å²) in [5.74, 6) is -4.93. The monoisotopic (exact) mass is 474 g/mol. The number of nitrogens with one attached hydrogen (secondary N) is 1. The van der Waals surface area contributed by atoms with Gasteiger partial charge in [0, 0.05) is 10.6 Å². The maximum atomic E-state index is 13.6. The molecule has 1 aromatic carbocycles. The zero-order valence-electron chi connectivity index (χ0n) is 13.2. The zero-order valence-corrected chi connectivity index (χ0v) is 14.8. The van der Waals surface area contributed by atoms with E-state index >= 15 is 0 Å². The first-order chi connectivity index (χ1) is 13.0. The van der Waals surface area contributed by atoms with Crippen LogP contribution in [0.4, 0.5) is 43.9 Å². The van der Waals surface area contributed by atoms with Crippen LogP contribution in [0, 0.1) is 0 Å². The zero-order chi connectivity index (χ0) is 22.4. The van der Waals surface area contributed by atoms with Crippen molar-refractivity contribution >= 4 is 34.4 Å². The first kappa shape index (κ1) is 23.3. The molecule has 0 unspecified atom stereocenters. The molecule has 0 aromatic heterocycles. The van der Waals surface area contributed by atoms with Gasteiger partial charge >= 0.3 is 18.5 Å². The van der Waals surface area contributed by atoms with Gasteiger partial charge in [0.15, 0.2) is 5.17 Å². The molecule has 1 N–H and O–H groups in total. The number of alkyl halides is 9. The smallest absolute Gasteiger partial charge is 0.301 e. The standard InChI is InChI=1S/C14H5ClF10N2OS/c15-6-3-1-5(2-4-6)9(28)26-10-27-11(13(20,21)22,14(23,24)25)8(29-10)7(16)12(17,18)19/h1-4H,(H,26,27,28)/b8-7+. The summed E-state index contributed by atoms with van der Waals surface area (Å²) in [6.45, 7) is 0. The molecule has 0 saturated carbocycles. The number of nitrogens with zero attached hydrogens (tertiary/aromatic N) is 1. The van der Waals surface area contributed by atoms with Gasteiger partial charge in [-0.15, -0.1) is 0 Å². The second kappa shape index (κ2) is 7.38. The number of carbonyl (C=O) groups is 1. The van der Waals surface area contributed by atoms with E-state index in [0.717, 1.165) is 24.3 Å². The highest BCUT2D eigenvalue weighted by atomic mass is 35.5. The van der Waals surface area contributed by atoms with E-state index < -0.39 is 57.6 Å². The molecule has 1 heterocycles. The minimum atomic E-state index is -6.50. The summed E-state index contributed by atoms with van der Waals surface area (Å²) in [6.07, 6.45) is -19.2. The Kier molecular flexibility index (Phi) is 5.93. The number of amidine groups is 1. The fourth-order valence-electron chi connectivity index (χ4n) is 2.10. The van der Waals surface area contributed by atoms with Crippen LogP contribution in [0.15, 0.2) is 40.0 Å². The molecule has 0 fully saturated rings. The average Bonchev–Trinajstić information content (AvgIpc) is 2.94. The lowest BCUT2D eigenvalue weighted by atomic mass is 9.97. The predicted molar refractivity (Wildman–Crippen MR) is 83.0 cm³/mol. The Labute approximate surface area is 163 Å². The van der Waals surface area contributed by atoms with Crippen LogP contribution in [0.3, 0.4) is 0 Å². The highest BCUT2D eigenvalue weighted by Crippen LogP contribution is 2.59. The molecule has 160 valence electrons. The number of rotatable bonds is 1. The third kappa shape index (κ3) is 4.32. The first-order valence-corrected chi connectivity index (χ1v) is 8.15. The molecule has 1 aliphatic heterocycles. The Bertz CT molecular complexity index is 856. The fourth-order valence-corrected chi connectivity index (χ4v) is 3.37. The van der Waals surface area contributed by atoms with Crippen LogP contribution in [0.5, 0.6) is 0 Å². The topological polar surface area (TPSA) is 41.5 Å². The van der Waals surface area contributed by atoms with Crippen LogP contribution >= 0.6 is 23.4 Å². The molecular formula is C14H5ClF10N2OS. The molecule has 1 aliphatic rings. The molecule has 1 aromatic rings. The molecule has 2 rings (SSSR count). The van der Waals surface area contributed by atoms with E-state index in [0.29, 0.717) is 0 Å². The van der Waals surface area contributed by atoms with Crippen LogP contribution in [0.1, 0.15) is 10.4 Å². The van der Waals surface area contributed by atoms with Gasteiger partial charge in [0.2, 0.25) is 5.83 Å². The number of hydrogen-bond acceptors (Lipinski definition) is 3. The lowest BCUT2D eigenvalue weighted by Crippen LogP contribution is -2.55. The van der Waals surface area contributed by atoms with Crippen molar-refractivity contribution in [2.45, 2.75) is 24.1 Å². The summed E-state index contributed by atoms with van der Waals surface area (Å²) in [4.78, 5) is 11.4. The van der Waals surface area contributed by atoms with E-state index in [9.17, 15) is 48.7 Å². The fraction of sp³-hybridized carbons (Fsp3) is 0.286. The molecule has 0 bridgehead atoms. The highest BCUT2D eigenvalue weighted by Gasteiger charge is 2.77. The third-order valence-corrected chi connectivity index (χ3v) is 4.71. The van der Waals surface area contributed by atoms with E-state index in [1.165, 1.54) is 5.32 Å². The van der Waals surface area contributed by atoms with Gasteiger partial charge in [-0.2, -0.15) is 39.5 Å². The van der Waals surface area contributed by atoms with Crippen molar-refractivity contribution in [3.05, 3.63) is 45.6 Å². The van der Waals surface area contributed by atoms with Crippen molar-refractivity contribution < 1.29 is 48.7 Å². The predicted octanol–water partition coefficient (Wildman–Crippen LogP) is 5.78. The van der Waals surface area contributed by atoms with Crippen molar-refractivity contribution in [2.24, 2.45) is 4.99 Å². The Morgan fingerprint density at radius 1 is 0.966 bits per heavy atom. The highest BCUT2D eigenvalue weighted by molar-refractivity contribution is 8.17. The summed E-state index contributed by atoms with van der Waals surface area (Å²) in [7, 11) is 0. The number of allylic oxidation sites excluding steroid dienone is 1. The van der Waals surface area contributed by atoms with Crippen molar-refractivity contribution in [2.75, 3.05) is 0 Å². The Morgan fingerprint density at radius 3 is 1.86 bits per heavy atom. The number of carbonyl (C=O) groups excluding carboxylic acids is 1. The maximum Gasteiger partial charge on any atom is 0.443 e. The minimum Gasteiger partial charge on any atom is -0.301 e. The average molecular weight is 475 g/mol. The second-order valence-corrected chi connectivity index (χ2v) is 6.76. The second-order valence-electron chi connectivity index (χ2n) is 5.33. The van der Waals surface area contributed by atoms with Crippen LogP contribution in [0.2, 0.25) is 5.02 Å². The van der Waals surface area contributed by atoms with Crippen molar-refractivity contribution in [1.29, 1.82) is 0 Å². The van der Waals surface area contributed by atoms with E-state index in [4.69, 9.17) is 11.6 Å². The van der Waals surface area contributed by atoms with Crippen LogP contribution in [0.25, 0.3) is 0 Å². The molecule has 0 atom stereocenters. The summed E-state index contributed by atoms with van der Waals surface area (Å²) < 4.78 is 131.